The zero-order valence-corrected chi connectivity index (χ0v) is 17.6. The number of hydrogen-bond donors (Lipinski definition) is 1. The first-order chi connectivity index (χ1) is 15.0. The predicted molar refractivity (Wildman–Crippen MR) is 121 cm³/mol. The van der Waals surface area contributed by atoms with Crippen LogP contribution in [0.25, 0.3) is 16.7 Å². The summed E-state index contributed by atoms with van der Waals surface area (Å²) >= 11 is 1.22. The smallest absolute Gasteiger partial charge is 0.263 e. The second-order valence-electron chi connectivity index (χ2n) is 6.81. The summed E-state index contributed by atoms with van der Waals surface area (Å²) in [4.78, 5) is 36.6. The van der Waals surface area contributed by atoms with E-state index >= 15 is 0 Å². The molecule has 0 fully saturated rings. The Morgan fingerprint density at radius 2 is 1.87 bits per heavy atom. The minimum Gasteiger partial charge on any atom is -0.325 e. The lowest BCUT2D eigenvalue weighted by Gasteiger charge is -2.09. The lowest BCUT2D eigenvalue weighted by atomic mass is 10.1. The third kappa shape index (κ3) is 3.99. The number of fused-ring (bicyclic) bond motifs is 3. The van der Waals surface area contributed by atoms with E-state index in [0.29, 0.717) is 39.6 Å². The predicted octanol–water partition coefficient (Wildman–Crippen LogP) is 3.16. The number of anilines is 1. The number of nitrogens with zero attached hydrogens (tertiary/aromatic N) is 4. The van der Waals surface area contributed by atoms with Crippen LogP contribution in [-0.4, -0.2) is 36.6 Å². The first-order valence-corrected chi connectivity index (χ1v) is 10.5. The maximum Gasteiger partial charge on any atom is 0.263 e. The topological polar surface area (TPSA) is 98.4 Å². The van der Waals surface area contributed by atoms with E-state index < -0.39 is 0 Å². The Kier molecular flexibility index (Phi) is 5.68. The van der Waals surface area contributed by atoms with E-state index in [4.69, 9.17) is 0 Å². The first kappa shape index (κ1) is 20.5. The number of amides is 1. The van der Waals surface area contributed by atoms with Gasteiger partial charge in [0.05, 0.1) is 16.7 Å². The zero-order valence-electron chi connectivity index (χ0n) is 16.7. The molecule has 9 heteroatoms. The molecule has 0 saturated heterocycles. The van der Waals surface area contributed by atoms with Gasteiger partial charge in [-0.3, -0.25) is 23.4 Å². The molecule has 0 radical (unpaired) electrons. The highest BCUT2D eigenvalue weighted by molar-refractivity contribution is 7.99. The maximum absolute atomic E-state index is 12.8. The number of ketones is 1. The van der Waals surface area contributed by atoms with E-state index in [0.717, 1.165) is 0 Å². The fourth-order valence-corrected chi connectivity index (χ4v) is 3.98. The molecule has 156 valence electrons. The number of thioether (sulfide) groups is 1. The number of Topliss-reactive ketones (excluding diaryl/α,β-unsaturated/α-hetero) is 1. The van der Waals surface area contributed by atoms with Gasteiger partial charge in [-0.25, -0.2) is 0 Å². The fourth-order valence-electron chi connectivity index (χ4n) is 3.24. The van der Waals surface area contributed by atoms with Crippen molar-refractivity contribution in [3.05, 3.63) is 77.1 Å². The van der Waals surface area contributed by atoms with Crippen LogP contribution in [0, 0.1) is 0 Å². The van der Waals surface area contributed by atoms with E-state index in [1.54, 1.807) is 46.9 Å². The number of aromatic nitrogens is 4. The Bertz CT molecular complexity index is 1370. The molecule has 1 N–H and O–H groups in total. The fraction of sp³-hybridized carbons (Fsp3) is 0.136. The molecule has 0 aliphatic rings. The van der Waals surface area contributed by atoms with Crippen LogP contribution in [0.4, 0.5) is 5.69 Å². The largest absolute Gasteiger partial charge is 0.325 e. The van der Waals surface area contributed by atoms with Gasteiger partial charge in [0, 0.05) is 17.8 Å². The Morgan fingerprint density at radius 3 is 2.58 bits per heavy atom. The number of benzene rings is 2. The molecule has 0 atom stereocenters. The molecule has 0 unspecified atom stereocenters. The molecule has 4 aromatic rings. The Hall–Kier alpha value is -3.72. The number of rotatable bonds is 7. The summed E-state index contributed by atoms with van der Waals surface area (Å²) in [5.41, 5.74) is 1.70. The van der Waals surface area contributed by atoms with Crippen molar-refractivity contribution in [1.29, 1.82) is 0 Å². The Morgan fingerprint density at radius 1 is 1.13 bits per heavy atom. The summed E-state index contributed by atoms with van der Waals surface area (Å²) in [6, 6.07) is 13.9. The average Bonchev–Trinajstić information content (AvgIpc) is 3.19. The van der Waals surface area contributed by atoms with E-state index in [9.17, 15) is 14.4 Å². The van der Waals surface area contributed by atoms with Crippen LogP contribution in [0.5, 0.6) is 0 Å². The van der Waals surface area contributed by atoms with E-state index in [2.05, 4.69) is 22.1 Å². The van der Waals surface area contributed by atoms with Gasteiger partial charge < -0.3 is 5.32 Å². The van der Waals surface area contributed by atoms with Crippen molar-refractivity contribution < 1.29 is 9.59 Å². The zero-order chi connectivity index (χ0) is 22.0. The summed E-state index contributed by atoms with van der Waals surface area (Å²) in [6.07, 6.45) is 1.63. The van der Waals surface area contributed by atoms with E-state index in [1.807, 2.05) is 12.1 Å². The molecule has 2 aromatic carbocycles. The Labute approximate surface area is 181 Å². The lowest BCUT2D eigenvalue weighted by Crippen LogP contribution is -2.22. The van der Waals surface area contributed by atoms with Crippen molar-refractivity contribution in [2.75, 3.05) is 11.1 Å². The number of allylic oxidation sites excluding steroid dienone is 1. The van der Waals surface area contributed by atoms with Crippen molar-refractivity contribution in [3.63, 3.8) is 0 Å². The summed E-state index contributed by atoms with van der Waals surface area (Å²) in [5, 5.41) is 12.2. The van der Waals surface area contributed by atoms with E-state index in [1.165, 1.54) is 23.3 Å². The third-order valence-electron chi connectivity index (χ3n) is 4.70. The minimum absolute atomic E-state index is 0.0331. The molecule has 2 aromatic heterocycles. The van der Waals surface area contributed by atoms with Crippen LogP contribution >= 0.6 is 11.8 Å². The van der Waals surface area contributed by atoms with Crippen LogP contribution < -0.4 is 10.9 Å². The molecule has 0 saturated carbocycles. The van der Waals surface area contributed by atoms with Gasteiger partial charge in [0.25, 0.3) is 5.56 Å². The van der Waals surface area contributed by atoms with Gasteiger partial charge in [0.1, 0.15) is 0 Å². The van der Waals surface area contributed by atoms with Gasteiger partial charge >= 0.3 is 0 Å². The van der Waals surface area contributed by atoms with Crippen molar-refractivity contribution in [2.24, 2.45) is 0 Å². The second kappa shape index (κ2) is 8.57. The minimum atomic E-state index is -0.221. The van der Waals surface area contributed by atoms with Crippen molar-refractivity contribution in [1.82, 2.24) is 19.2 Å². The average molecular weight is 433 g/mol. The molecule has 1 amide bonds. The normalized spacial score (nSPS) is 11.0. The first-order valence-electron chi connectivity index (χ1n) is 9.51. The van der Waals surface area contributed by atoms with Crippen molar-refractivity contribution in [2.45, 2.75) is 18.6 Å². The standard InChI is InChI=1S/C22H19N5O3S/c1-3-12-26-20(30)17-6-4-5-7-18(17)27-21(26)24-25-22(27)31-13-19(29)23-16-10-8-15(9-11-16)14(2)28/h3-11H,1,12-13H2,2H3,(H,23,29). The Balaban J connectivity index is 1.60. The van der Waals surface area contributed by atoms with Crippen LogP contribution in [0.2, 0.25) is 0 Å². The molecule has 0 spiro atoms. The van der Waals surface area contributed by atoms with Gasteiger partial charge in [0.15, 0.2) is 10.9 Å². The highest BCUT2D eigenvalue weighted by atomic mass is 32.2. The summed E-state index contributed by atoms with van der Waals surface area (Å²) < 4.78 is 3.28. The highest BCUT2D eigenvalue weighted by Gasteiger charge is 2.17. The van der Waals surface area contributed by atoms with Gasteiger partial charge in [-0.2, -0.15) is 0 Å². The quantitative estimate of drug-likeness (QED) is 0.273. The van der Waals surface area contributed by atoms with E-state index in [-0.39, 0.29) is 23.0 Å². The summed E-state index contributed by atoms with van der Waals surface area (Å²) in [7, 11) is 0. The van der Waals surface area contributed by atoms with Crippen LogP contribution in [-0.2, 0) is 11.3 Å². The van der Waals surface area contributed by atoms with Crippen molar-refractivity contribution >= 4 is 45.8 Å². The summed E-state index contributed by atoms with van der Waals surface area (Å²) in [5.74, 6) is 0.242. The lowest BCUT2D eigenvalue weighted by molar-refractivity contribution is -0.113. The summed E-state index contributed by atoms with van der Waals surface area (Å²) in [6.45, 7) is 5.50. The molecule has 0 aliphatic heterocycles. The molecule has 4 rings (SSSR count). The third-order valence-corrected chi connectivity index (χ3v) is 5.63. The van der Waals surface area contributed by atoms with Gasteiger partial charge in [-0.15, -0.1) is 16.8 Å². The van der Waals surface area contributed by atoms with Gasteiger partial charge in [-0.05, 0) is 43.3 Å². The number of carbonyl (C=O) groups excluding carboxylic acids is 2. The second-order valence-corrected chi connectivity index (χ2v) is 7.75. The molecule has 0 aliphatic carbocycles. The van der Waals surface area contributed by atoms with Crippen LogP contribution in [0.15, 0.2) is 71.1 Å². The monoisotopic (exact) mass is 433 g/mol. The molecule has 8 nitrogen and oxygen atoms in total. The maximum atomic E-state index is 12.8. The molecular formula is C22H19N5O3S. The van der Waals surface area contributed by atoms with Crippen LogP contribution in [0.1, 0.15) is 17.3 Å². The molecular weight excluding hydrogens is 414 g/mol. The number of hydrogen-bond acceptors (Lipinski definition) is 6. The van der Waals surface area contributed by atoms with Gasteiger partial charge in [0.2, 0.25) is 11.7 Å². The molecule has 2 heterocycles. The highest BCUT2D eigenvalue weighted by Crippen LogP contribution is 2.22. The van der Waals surface area contributed by atoms with Crippen molar-refractivity contribution in [3.8, 4) is 0 Å². The van der Waals surface area contributed by atoms with Crippen LogP contribution in [0.3, 0.4) is 0 Å². The molecule has 0 bridgehead atoms. The molecule has 31 heavy (non-hydrogen) atoms. The SMILES string of the molecule is C=CCn1c(=O)c2ccccc2n2c(SCC(=O)Nc3ccc(C(C)=O)cc3)nnc12. The number of para-hydroxylation sites is 1. The number of carbonyl (C=O) groups is 2. The number of nitrogens with one attached hydrogen (secondary N) is 1. The van der Waals surface area contributed by atoms with Gasteiger partial charge in [-0.1, -0.05) is 30.0 Å².